The van der Waals surface area contributed by atoms with Gasteiger partial charge in [0, 0.05) is 19.3 Å². The first-order chi connectivity index (χ1) is 11.0. The summed E-state index contributed by atoms with van der Waals surface area (Å²) in [5, 5.41) is 0. The van der Waals surface area contributed by atoms with Crippen molar-refractivity contribution in [1.82, 2.24) is 0 Å². The Bertz CT molecular complexity index is 518. The summed E-state index contributed by atoms with van der Waals surface area (Å²) < 4.78 is 5.08. The molecule has 2 fully saturated rings. The monoisotopic (exact) mass is 320 g/mol. The van der Waals surface area contributed by atoms with Crippen LogP contribution < -0.4 is 0 Å². The minimum atomic E-state index is -1.06. The second kappa shape index (κ2) is 7.66. The molecule has 126 valence electrons. The Morgan fingerprint density at radius 1 is 1.13 bits per heavy atom. The number of Topliss-reactive ketones (excluding diaryl/α,β-unsaturated/α-hetero) is 3. The van der Waals surface area contributed by atoms with Crippen LogP contribution in [-0.2, 0) is 23.9 Å². The summed E-state index contributed by atoms with van der Waals surface area (Å²) in [6.45, 7) is 1.98. The van der Waals surface area contributed by atoms with Crippen molar-refractivity contribution in [3.63, 3.8) is 0 Å². The Labute approximate surface area is 136 Å². The van der Waals surface area contributed by atoms with Crippen molar-refractivity contribution in [1.29, 1.82) is 0 Å². The van der Waals surface area contributed by atoms with Crippen LogP contribution in [0.5, 0.6) is 0 Å². The zero-order chi connectivity index (χ0) is 16.9. The third-order valence-electron chi connectivity index (χ3n) is 4.84. The summed E-state index contributed by atoms with van der Waals surface area (Å²) in [5.74, 6) is -1.05. The second-order valence-electron chi connectivity index (χ2n) is 6.33. The second-order valence-corrected chi connectivity index (χ2v) is 6.33. The number of esters is 1. The number of ether oxygens (including phenoxy) is 1. The van der Waals surface area contributed by atoms with Crippen molar-refractivity contribution in [3.8, 4) is 0 Å². The van der Waals surface area contributed by atoms with Gasteiger partial charge in [-0.3, -0.25) is 19.2 Å². The number of rotatable bonds is 6. The van der Waals surface area contributed by atoms with E-state index in [1.54, 1.807) is 19.1 Å². The van der Waals surface area contributed by atoms with Gasteiger partial charge in [-0.15, -0.1) is 0 Å². The molecule has 2 aliphatic carbocycles. The quantitative estimate of drug-likeness (QED) is 0.427. The maximum absolute atomic E-state index is 12.2. The van der Waals surface area contributed by atoms with E-state index >= 15 is 0 Å². The molecule has 1 atom stereocenters. The average Bonchev–Trinajstić information content (AvgIpc) is 2.88. The molecule has 5 nitrogen and oxygen atoms in total. The minimum absolute atomic E-state index is 0.00273. The molecular formula is C18H24O5. The van der Waals surface area contributed by atoms with Crippen LogP contribution in [-0.4, -0.2) is 29.9 Å². The fraction of sp³-hybridized carbons (Fsp3) is 0.667. The molecule has 0 bridgehead atoms. The van der Waals surface area contributed by atoms with Crippen LogP contribution in [0, 0.1) is 11.3 Å². The Morgan fingerprint density at radius 2 is 1.83 bits per heavy atom. The number of carbonyl (C=O) groups excluding carboxylic acids is 4. The Morgan fingerprint density at radius 3 is 2.39 bits per heavy atom. The smallest absolute Gasteiger partial charge is 0.319 e. The van der Waals surface area contributed by atoms with Crippen LogP contribution in [0.25, 0.3) is 0 Å². The Balaban J connectivity index is 1.98. The van der Waals surface area contributed by atoms with Gasteiger partial charge in [0.15, 0.2) is 5.78 Å². The topological polar surface area (TPSA) is 77.5 Å². The van der Waals surface area contributed by atoms with E-state index in [9.17, 15) is 19.2 Å². The van der Waals surface area contributed by atoms with Crippen molar-refractivity contribution in [2.75, 3.05) is 6.61 Å². The van der Waals surface area contributed by atoms with Crippen LogP contribution in [0.15, 0.2) is 12.2 Å². The van der Waals surface area contributed by atoms with Gasteiger partial charge in [-0.2, -0.15) is 0 Å². The first-order valence-corrected chi connectivity index (χ1v) is 8.42. The highest BCUT2D eigenvalue weighted by molar-refractivity contribution is 6.05. The number of allylic oxidation sites excluding steroid dienone is 2. The molecule has 0 aromatic heterocycles. The van der Waals surface area contributed by atoms with Crippen molar-refractivity contribution in [2.45, 2.75) is 58.3 Å². The molecule has 0 heterocycles. The lowest BCUT2D eigenvalue weighted by Gasteiger charge is -2.23. The van der Waals surface area contributed by atoms with Crippen LogP contribution in [0.2, 0.25) is 0 Å². The van der Waals surface area contributed by atoms with Crippen LogP contribution >= 0.6 is 0 Å². The third kappa shape index (κ3) is 3.77. The Hall–Kier alpha value is -1.78. The lowest BCUT2D eigenvalue weighted by atomic mass is 9.81. The first kappa shape index (κ1) is 17.6. The highest BCUT2D eigenvalue weighted by Crippen LogP contribution is 2.39. The molecular weight excluding hydrogens is 296 g/mol. The van der Waals surface area contributed by atoms with E-state index in [1.165, 1.54) is 0 Å². The maximum Gasteiger partial charge on any atom is 0.319 e. The average molecular weight is 320 g/mol. The largest absolute Gasteiger partial charge is 0.465 e. The van der Waals surface area contributed by atoms with E-state index in [0.717, 1.165) is 0 Å². The highest BCUT2D eigenvalue weighted by atomic mass is 16.5. The molecule has 5 heteroatoms. The zero-order valence-corrected chi connectivity index (χ0v) is 13.6. The van der Waals surface area contributed by atoms with Crippen molar-refractivity contribution in [2.24, 2.45) is 11.3 Å². The molecule has 2 aliphatic rings. The molecule has 2 saturated carbocycles. The molecule has 0 aromatic rings. The molecule has 2 rings (SSSR count). The van der Waals surface area contributed by atoms with Gasteiger partial charge in [0.1, 0.15) is 17.0 Å². The van der Waals surface area contributed by atoms with E-state index < -0.39 is 17.3 Å². The van der Waals surface area contributed by atoms with Crippen LogP contribution in [0.1, 0.15) is 58.3 Å². The maximum atomic E-state index is 12.2. The molecule has 0 N–H and O–H groups in total. The van der Waals surface area contributed by atoms with Gasteiger partial charge >= 0.3 is 5.97 Å². The van der Waals surface area contributed by atoms with E-state index in [0.29, 0.717) is 51.4 Å². The predicted octanol–water partition coefficient (Wildman–Crippen LogP) is 2.56. The van der Waals surface area contributed by atoms with Gasteiger partial charge < -0.3 is 4.74 Å². The molecule has 0 saturated heterocycles. The summed E-state index contributed by atoms with van der Waals surface area (Å²) in [7, 11) is 0. The summed E-state index contributed by atoms with van der Waals surface area (Å²) in [6, 6.07) is 0. The Kier molecular flexibility index (Phi) is 5.85. The van der Waals surface area contributed by atoms with Gasteiger partial charge in [0.05, 0.1) is 12.5 Å². The number of ketones is 3. The minimum Gasteiger partial charge on any atom is -0.465 e. The summed E-state index contributed by atoms with van der Waals surface area (Å²) >= 11 is 0. The highest BCUT2D eigenvalue weighted by Gasteiger charge is 2.48. The lowest BCUT2D eigenvalue weighted by Crippen LogP contribution is -2.36. The van der Waals surface area contributed by atoms with Crippen molar-refractivity contribution in [3.05, 3.63) is 12.2 Å². The van der Waals surface area contributed by atoms with E-state index in [-0.39, 0.29) is 24.0 Å². The molecule has 1 unspecified atom stereocenters. The summed E-state index contributed by atoms with van der Waals surface area (Å²) in [5.41, 5.74) is -1.06. The molecule has 0 amide bonds. The molecule has 0 radical (unpaired) electrons. The number of carbonyl (C=O) groups is 4. The van der Waals surface area contributed by atoms with E-state index in [2.05, 4.69) is 0 Å². The fourth-order valence-electron chi connectivity index (χ4n) is 3.46. The standard InChI is InChI=1S/C18H24O5/c1-2-23-17(22)18(12-6-10-16(18)21)11-4-3-7-13-14(19)8-5-9-15(13)20/h3-4,13H,2,5-12H2,1H3/b4-3+. The van der Waals surface area contributed by atoms with Gasteiger partial charge in [-0.1, -0.05) is 12.2 Å². The van der Waals surface area contributed by atoms with E-state index in [1.807, 2.05) is 0 Å². The van der Waals surface area contributed by atoms with Crippen LogP contribution in [0.3, 0.4) is 0 Å². The van der Waals surface area contributed by atoms with Gasteiger partial charge in [-0.05, 0) is 39.0 Å². The van der Waals surface area contributed by atoms with E-state index in [4.69, 9.17) is 4.74 Å². The SMILES string of the molecule is CCOC(=O)C1(C/C=C/CC2C(=O)CCCC2=O)CCCC1=O. The molecule has 23 heavy (non-hydrogen) atoms. The van der Waals surface area contributed by atoms with Crippen molar-refractivity contribution >= 4 is 23.3 Å². The lowest BCUT2D eigenvalue weighted by molar-refractivity contribution is -0.158. The summed E-state index contributed by atoms with van der Waals surface area (Å²) in [4.78, 5) is 47.9. The molecule has 0 spiro atoms. The van der Waals surface area contributed by atoms with Crippen molar-refractivity contribution < 1.29 is 23.9 Å². The van der Waals surface area contributed by atoms with Gasteiger partial charge in [-0.25, -0.2) is 0 Å². The van der Waals surface area contributed by atoms with Gasteiger partial charge in [0.2, 0.25) is 0 Å². The normalized spacial score (nSPS) is 26.2. The first-order valence-electron chi connectivity index (χ1n) is 8.42. The molecule has 0 aliphatic heterocycles. The zero-order valence-electron chi connectivity index (χ0n) is 13.6. The number of hydrogen-bond acceptors (Lipinski definition) is 5. The predicted molar refractivity (Wildman–Crippen MR) is 83.7 cm³/mol. The van der Waals surface area contributed by atoms with Gasteiger partial charge in [0.25, 0.3) is 0 Å². The van der Waals surface area contributed by atoms with Crippen LogP contribution in [0.4, 0.5) is 0 Å². The molecule has 0 aromatic carbocycles. The number of hydrogen-bond donors (Lipinski definition) is 0. The fourth-order valence-corrected chi connectivity index (χ4v) is 3.46. The summed E-state index contributed by atoms with van der Waals surface area (Å²) in [6.07, 6.45) is 7.38. The third-order valence-corrected chi connectivity index (χ3v) is 4.84.